The van der Waals surface area contributed by atoms with Gasteiger partial charge < -0.3 is 15.4 Å². The Morgan fingerprint density at radius 2 is 1.79 bits per heavy atom. The first-order valence-electron chi connectivity index (χ1n) is 8.29. The van der Waals surface area contributed by atoms with Crippen LogP contribution >= 0.6 is 0 Å². The SMILES string of the molecule is Cc1cccc(CCCC(=O)N[C@@H](Cc2ccccc2)B(O)O)c1. The molecular weight excluding hydrogens is 301 g/mol. The molecule has 0 aliphatic rings. The highest BCUT2D eigenvalue weighted by Gasteiger charge is 2.25. The predicted octanol–water partition coefficient (Wildman–Crippen LogP) is 2.06. The summed E-state index contributed by atoms with van der Waals surface area (Å²) in [7, 11) is -1.58. The highest BCUT2D eigenvalue weighted by molar-refractivity contribution is 6.43. The van der Waals surface area contributed by atoms with Crippen LogP contribution in [0.3, 0.4) is 0 Å². The van der Waals surface area contributed by atoms with Crippen molar-refractivity contribution >= 4 is 13.0 Å². The van der Waals surface area contributed by atoms with Gasteiger partial charge in [-0.25, -0.2) is 0 Å². The number of aryl methyl sites for hydroxylation is 2. The van der Waals surface area contributed by atoms with Crippen molar-refractivity contribution in [2.75, 3.05) is 0 Å². The third kappa shape index (κ3) is 6.18. The van der Waals surface area contributed by atoms with E-state index in [1.54, 1.807) is 0 Å². The maximum atomic E-state index is 12.1. The van der Waals surface area contributed by atoms with E-state index >= 15 is 0 Å². The van der Waals surface area contributed by atoms with Gasteiger partial charge in [-0.15, -0.1) is 0 Å². The number of carbonyl (C=O) groups is 1. The lowest BCUT2D eigenvalue weighted by Crippen LogP contribution is -2.47. The molecule has 5 heteroatoms. The van der Waals surface area contributed by atoms with E-state index in [1.807, 2.05) is 49.4 Å². The van der Waals surface area contributed by atoms with Crippen LogP contribution in [0.4, 0.5) is 0 Å². The van der Waals surface area contributed by atoms with Crippen LogP contribution < -0.4 is 5.32 Å². The number of hydrogen-bond donors (Lipinski definition) is 3. The first-order chi connectivity index (χ1) is 11.5. The lowest BCUT2D eigenvalue weighted by Gasteiger charge is -2.18. The van der Waals surface area contributed by atoms with Gasteiger partial charge in [-0.2, -0.15) is 0 Å². The van der Waals surface area contributed by atoms with E-state index in [1.165, 1.54) is 11.1 Å². The Hall–Kier alpha value is -2.11. The van der Waals surface area contributed by atoms with Crippen LogP contribution in [0.5, 0.6) is 0 Å². The second kappa shape index (κ2) is 9.25. The van der Waals surface area contributed by atoms with Crippen molar-refractivity contribution in [3.05, 3.63) is 71.3 Å². The molecule has 0 fully saturated rings. The van der Waals surface area contributed by atoms with E-state index in [-0.39, 0.29) is 5.91 Å². The molecule has 0 bridgehead atoms. The minimum absolute atomic E-state index is 0.156. The maximum Gasteiger partial charge on any atom is 0.475 e. The standard InChI is InChI=1S/C19H24BNO3/c1-15-7-5-10-16(13-15)11-6-12-19(22)21-18(20(23)24)14-17-8-3-2-4-9-17/h2-5,7-10,13,18,23-24H,6,11-12,14H2,1H3,(H,21,22)/t18-/m0/s1. The average molecular weight is 325 g/mol. The van der Waals surface area contributed by atoms with E-state index < -0.39 is 13.1 Å². The Kier molecular flexibility index (Phi) is 7.03. The fraction of sp³-hybridized carbons (Fsp3) is 0.316. The Labute approximate surface area is 143 Å². The summed E-state index contributed by atoms with van der Waals surface area (Å²) < 4.78 is 0. The molecule has 1 atom stereocenters. The van der Waals surface area contributed by atoms with Crippen molar-refractivity contribution in [3.63, 3.8) is 0 Å². The number of nitrogens with one attached hydrogen (secondary N) is 1. The molecule has 24 heavy (non-hydrogen) atoms. The summed E-state index contributed by atoms with van der Waals surface area (Å²) in [5.41, 5.74) is 3.38. The zero-order valence-corrected chi connectivity index (χ0v) is 14.0. The molecule has 0 aliphatic carbocycles. The molecule has 0 aliphatic heterocycles. The molecule has 126 valence electrons. The smallest absolute Gasteiger partial charge is 0.426 e. The lowest BCUT2D eigenvalue weighted by molar-refractivity contribution is -0.121. The molecule has 2 rings (SSSR count). The molecule has 0 aromatic heterocycles. The van der Waals surface area contributed by atoms with Crippen molar-refractivity contribution in [1.29, 1.82) is 0 Å². The third-order valence-electron chi connectivity index (χ3n) is 3.96. The molecular formula is C19H24BNO3. The highest BCUT2D eigenvalue weighted by Crippen LogP contribution is 2.09. The summed E-state index contributed by atoms with van der Waals surface area (Å²) in [6, 6.07) is 17.7. The molecule has 0 unspecified atom stereocenters. The summed E-state index contributed by atoms with van der Waals surface area (Å²) in [5, 5.41) is 21.7. The molecule has 0 saturated carbocycles. The van der Waals surface area contributed by atoms with Crippen LogP contribution in [0.1, 0.15) is 29.5 Å². The summed E-state index contributed by atoms with van der Waals surface area (Å²) in [6.45, 7) is 2.05. The minimum atomic E-state index is -1.58. The first kappa shape index (κ1) is 18.2. The Bertz CT molecular complexity index is 646. The summed E-state index contributed by atoms with van der Waals surface area (Å²) >= 11 is 0. The van der Waals surface area contributed by atoms with E-state index in [4.69, 9.17) is 0 Å². The summed E-state index contributed by atoms with van der Waals surface area (Å²) in [4.78, 5) is 12.1. The van der Waals surface area contributed by atoms with Gasteiger partial charge in [0.2, 0.25) is 5.91 Å². The predicted molar refractivity (Wildman–Crippen MR) is 96.4 cm³/mol. The van der Waals surface area contributed by atoms with E-state index in [0.29, 0.717) is 12.8 Å². The quantitative estimate of drug-likeness (QED) is 0.651. The van der Waals surface area contributed by atoms with Crippen molar-refractivity contribution in [1.82, 2.24) is 5.32 Å². The number of rotatable bonds is 8. The molecule has 0 saturated heterocycles. The van der Waals surface area contributed by atoms with E-state index in [0.717, 1.165) is 18.4 Å². The van der Waals surface area contributed by atoms with Crippen molar-refractivity contribution < 1.29 is 14.8 Å². The van der Waals surface area contributed by atoms with E-state index in [9.17, 15) is 14.8 Å². The number of hydrogen-bond acceptors (Lipinski definition) is 3. The number of amides is 1. The van der Waals surface area contributed by atoms with Crippen LogP contribution in [-0.4, -0.2) is 29.0 Å². The molecule has 2 aromatic carbocycles. The molecule has 1 amide bonds. The molecule has 3 N–H and O–H groups in total. The van der Waals surface area contributed by atoms with Crippen LogP contribution in [0.2, 0.25) is 0 Å². The van der Waals surface area contributed by atoms with Crippen LogP contribution in [0.15, 0.2) is 54.6 Å². The number of benzene rings is 2. The molecule has 2 aromatic rings. The fourth-order valence-corrected chi connectivity index (χ4v) is 2.70. The van der Waals surface area contributed by atoms with Gasteiger partial charge in [-0.1, -0.05) is 60.2 Å². The largest absolute Gasteiger partial charge is 0.475 e. The minimum Gasteiger partial charge on any atom is -0.426 e. The van der Waals surface area contributed by atoms with Gasteiger partial charge in [0.1, 0.15) is 0 Å². The van der Waals surface area contributed by atoms with Gasteiger partial charge >= 0.3 is 7.12 Å². The number of carbonyl (C=O) groups excluding carboxylic acids is 1. The van der Waals surface area contributed by atoms with Gasteiger partial charge in [0.25, 0.3) is 0 Å². The van der Waals surface area contributed by atoms with Crippen molar-refractivity contribution in [3.8, 4) is 0 Å². The second-order valence-corrected chi connectivity index (χ2v) is 6.12. The van der Waals surface area contributed by atoms with Crippen LogP contribution in [0, 0.1) is 6.92 Å². The molecule has 0 heterocycles. The third-order valence-corrected chi connectivity index (χ3v) is 3.96. The molecule has 0 radical (unpaired) electrons. The summed E-state index contributed by atoms with van der Waals surface area (Å²) in [6.07, 6.45) is 2.32. The highest BCUT2D eigenvalue weighted by atomic mass is 16.4. The van der Waals surface area contributed by atoms with Gasteiger partial charge in [-0.3, -0.25) is 4.79 Å². The monoisotopic (exact) mass is 325 g/mol. The lowest BCUT2D eigenvalue weighted by atomic mass is 9.76. The van der Waals surface area contributed by atoms with Gasteiger partial charge in [0, 0.05) is 6.42 Å². The van der Waals surface area contributed by atoms with Gasteiger partial charge in [0.05, 0.1) is 5.94 Å². The Morgan fingerprint density at radius 1 is 1.08 bits per heavy atom. The Morgan fingerprint density at radius 3 is 2.46 bits per heavy atom. The van der Waals surface area contributed by atoms with Crippen LogP contribution in [-0.2, 0) is 17.6 Å². The zero-order valence-electron chi connectivity index (χ0n) is 14.0. The van der Waals surface area contributed by atoms with Crippen molar-refractivity contribution in [2.45, 2.75) is 38.5 Å². The topological polar surface area (TPSA) is 69.6 Å². The van der Waals surface area contributed by atoms with Gasteiger partial charge in [-0.05, 0) is 37.3 Å². The maximum absolute atomic E-state index is 12.1. The zero-order chi connectivity index (χ0) is 17.4. The normalized spacial score (nSPS) is 11.8. The van der Waals surface area contributed by atoms with E-state index in [2.05, 4.69) is 17.4 Å². The molecule has 4 nitrogen and oxygen atoms in total. The summed E-state index contributed by atoms with van der Waals surface area (Å²) in [5.74, 6) is -0.851. The second-order valence-electron chi connectivity index (χ2n) is 6.12. The van der Waals surface area contributed by atoms with Crippen molar-refractivity contribution in [2.24, 2.45) is 0 Å². The fourth-order valence-electron chi connectivity index (χ4n) is 2.70. The Balaban J connectivity index is 1.80. The molecule has 0 spiro atoms. The first-order valence-corrected chi connectivity index (χ1v) is 8.29. The van der Waals surface area contributed by atoms with Crippen LogP contribution in [0.25, 0.3) is 0 Å². The average Bonchev–Trinajstić information content (AvgIpc) is 2.55. The van der Waals surface area contributed by atoms with Gasteiger partial charge in [0.15, 0.2) is 0 Å².